The predicted octanol–water partition coefficient (Wildman–Crippen LogP) is 1.86. The van der Waals surface area contributed by atoms with E-state index in [1.54, 1.807) is 0 Å². The molecule has 0 atom stereocenters. The first-order valence-electron chi connectivity index (χ1n) is 3.10. The Bertz CT molecular complexity index is 64.8. The molecule has 0 aromatic rings. The Labute approximate surface area is 52.0 Å². The van der Waals surface area contributed by atoms with Crippen molar-refractivity contribution in [1.82, 2.24) is 4.90 Å². The third kappa shape index (κ3) is 5.54. The summed E-state index contributed by atoms with van der Waals surface area (Å²) in [5, 5.41) is 0. The van der Waals surface area contributed by atoms with Gasteiger partial charge in [0.15, 0.2) is 0 Å². The van der Waals surface area contributed by atoms with E-state index in [4.69, 9.17) is 0 Å². The zero-order valence-corrected chi connectivity index (χ0v) is 6.02. The van der Waals surface area contributed by atoms with Crippen LogP contribution in [0.4, 0.5) is 0 Å². The molecule has 0 aromatic heterocycles. The molecule has 1 nitrogen and oxygen atoms in total. The molecule has 0 fully saturated rings. The van der Waals surface area contributed by atoms with Gasteiger partial charge in [-0.2, -0.15) is 0 Å². The van der Waals surface area contributed by atoms with Crippen molar-refractivity contribution >= 4 is 0 Å². The quantitative estimate of drug-likeness (QED) is 0.540. The van der Waals surface area contributed by atoms with Crippen LogP contribution < -0.4 is 0 Å². The number of hydrogen-bond donors (Lipinski definition) is 0. The highest BCUT2D eigenvalue weighted by molar-refractivity contribution is 4.77. The zero-order chi connectivity index (χ0) is 6.41. The van der Waals surface area contributed by atoms with Crippen LogP contribution in [-0.4, -0.2) is 19.0 Å². The van der Waals surface area contributed by atoms with Crippen LogP contribution in [0, 0.1) is 0 Å². The Hall–Kier alpha value is -0.460. The largest absolute Gasteiger partial charge is 0.384 e. The van der Waals surface area contributed by atoms with E-state index in [1.807, 2.05) is 14.1 Å². The van der Waals surface area contributed by atoms with E-state index < -0.39 is 0 Å². The average molecular weight is 113 g/mol. The molecule has 0 saturated heterocycles. The van der Waals surface area contributed by atoms with E-state index >= 15 is 0 Å². The molecular formula is C7H15N. The Morgan fingerprint density at radius 1 is 1.38 bits per heavy atom. The summed E-state index contributed by atoms with van der Waals surface area (Å²) in [7, 11) is 4.07. The molecule has 0 aromatic carbocycles. The van der Waals surface area contributed by atoms with Crippen molar-refractivity contribution in [2.24, 2.45) is 0 Å². The number of hydrogen-bond acceptors (Lipinski definition) is 1. The Kier molecular flexibility index (Phi) is 4.42. The van der Waals surface area contributed by atoms with Crippen LogP contribution in [0.2, 0.25) is 0 Å². The van der Waals surface area contributed by atoms with E-state index in [2.05, 4.69) is 24.1 Å². The monoisotopic (exact) mass is 113 g/mol. The summed E-state index contributed by atoms with van der Waals surface area (Å²) < 4.78 is 0. The second-order valence-corrected chi connectivity index (χ2v) is 2.14. The van der Waals surface area contributed by atoms with E-state index in [1.165, 1.54) is 12.8 Å². The van der Waals surface area contributed by atoms with E-state index in [-0.39, 0.29) is 0 Å². The summed E-state index contributed by atoms with van der Waals surface area (Å²) in [5.41, 5.74) is 0. The molecule has 8 heavy (non-hydrogen) atoms. The van der Waals surface area contributed by atoms with Gasteiger partial charge in [0.2, 0.25) is 0 Å². The maximum atomic E-state index is 2.18. The van der Waals surface area contributed by atoms with Gasteiger partial charge in [-0.05, 0) is 12.6 Å². The van der Waals surface area contributed by atoms with Crippen molar-refractivity contribution in [3.63, 3.8) is 0 Å². The van der Waals surface area contributed by atoms with Gasteiger partial charge in [0, 0.05) is 14.1 Å². The van der Waals surface area contributed by atoms with Gasteiger partial charge in [0.05, 0.1) is 0 Å². The molecule has 0 saturated carbocycles. The van der Waals surface area contributed by atoms with Gasteiger partial charge < -0.3 is 4.90 Å². The molecule has 0 heterocycles. The zero-order valence-electron chi connectivity index (χ0n) is 6.02. The molecule has 1 heteroatoms. The van der Waals surface area contributed by atoms with Crippen molar-refractivity contribution in [2.75, 3.05) is 14.1 Å². The lowest BCUT2D eigenvalue weighted by molar-refractivity contribution is 0.560. The van der Waals surface area contributed by atoms with Gasteiger partial charge in [-0.1, -0.05) is 19.4 Å². The summed E-state index contributed by atoms with van der Waals surface area (Å²) in [6.07, 6.45) is 6.70. The number of unbranched alkanes of at least 4 members (excludes halogenated alkanes) is 1. The Morgan fingerprint density at radius 2 is 2.00 bits per heavy atom. The molecule has 0 aliphatic carbocycles. The van der Waals surface area contributed by atoms with E-state index in [0.29, 0.717) is 0 Å². The second kappa shape index (κ2) is 4.69. The summed E-state index contributed by atoms with van der Waals surface area (Å²) in [6, 6.07) is 0. The molecule has 48 valence electrons. The van der Waals surface area contributed by atoms with Gasteiger partial charge in [-0.3, -0.25) is 0 Å². The number of allylic oxidation sites excluding steroid dienone is 1. The minimum absolute atomic E-state index is 1.19. The van der Waals surface area contributed by atoms with Crippen molar-refractivity contribution in [3.05, 3.63) is 12.3 Å². The van der Waals surface area contributed by atoms with Gasteiger partial charge in [0.25, 0.3) is 0 Å². The van der Waals surface area contributed by atoms with Gasteiger partial charge in [-0.15, -0.1) is 0 Å². The average Bonchev–Trinajstić information content (AvgIpc) is 1.66. The van der Waals surface area contributed by atoms with Gasteiger partial charge >= 0.3 is 0 Å². The van der Waals surface area contributed by atoms with Crippen molar-refractivity contribution in [1.29, 1.82) is 0 Å². The smallest absolute Gasteiger partial charge is 0.00555 e. The molecule has 0 spiro atoms. The van der Waals surface area contributed by atoms with Crippen molar-refractivity contribution in [2.45, 2.75) is 19.8 Å². The second-order valence-electron chi connectivity index (χ2n) is 2.14. The SMILES string of the molecule is CCC/C=C/N(C)C. The third-order valence-electron chi connectivity index (χ3n) is 0.859. The van der Waals surface area contributed by atoms with Crippen LogP contribution in [0.25, 0.3) is 0 Å². The Morgan fingerprint density at radius 3 is 2.38 bits per heavy atom. The molecule has 0 rings (SSSR count). The molecule has 0 amide bonds. The molecule has 0 aliphatic heterocycles. The molecule has 0 N–H and O–H groups in total. The molecule has 0 aliphatic rings. The van der Waals surface area contributed by atoms with Gasteiger partial charge in [-0.25, -0.2) is 0 Å². The summed E-state index contributed by atoms with van der Waals surface area (Å²) >= 11 is 0. The number of rotatable bonds is 3. The fraction of sp³-hybridized carbons (Fsp3) is 0.714. The fourth-order valence-corrected chi connectivity index (χ4v) is 0.452. The highest BCUT2D eigenvalue weighted by atomic mass is 15.0. The summed E-state index contributed by atoms with van der Waals surface area (Å²) in [4.78, 5) is 2.05. The lowest BCUT2D eigenvalue weighted by Crippen LogP contribution is -1.99. The molecule has 0 unspecified atom stereocenters. The normalized spacial score (nSPS) is 10.4. The highest BCUT2D eigenvalue weighted by Crippen LogP contribution is 1.88. The van der Waals surface area contributed by atoms with Crippen LogP contribution in [-0.2, 0) is 0 Å². The summed E-state index contributed by atoms with van der Waals surface area (Å²) in [6.45, 7) is 2.18. The molecular weight excluding hydrogens is 98.1 g/mol. The topological polar surface area (TPSA) is 3.24 Å². The minimum Gasteiger partial charge on any atom is -0.384 e. The predicted molar refractivity (Wildman–Crippen MR) is 37.7 cm³/mol. The molecule has 0 radical (unpaired) electrons. The van der Waals surface area contributed by atoms with Crippen LogP contribution >= 0.6 is 0 Å². The van der Waals surface area contributed by atoms with Crippen molar-refractivity contribution < 1.29 is 0 Å². The maximum Gasteiger partial charge on any atom is 0.00555 e. The first-order valence-corrected chi connectivity index (χ1v) is 3.10. The van der Waals surface area contributed by atoms with E-state index in [0.717, 1.165) is 0 Å². The fourth-order valence-electron chi connectivity index (χ4n) is 0.452. The van der Waals surface area contributed by atoms with Gasteiger partial charge in [0.1, 0.15) is 0 Å². The lowest BCUT2D eigenvalue weighted by Gasteiger charge is -2.01. The minimum atomic E-state index is 1.19. The standard InChI is InChI=1S/C7H15N/c1-4-5-6-7-8(2)3/h6-7H,4-5H2,1-3H3/b7-6+. The first kappa shape index (κ1) is 7.54. The third-order valence-corrected chi connectivity index (χ3v) is 0.859. The highest BCUT2D eigenvalue weighted by Gasteiger charge is 1.73. The van der Waals surface area contributed by atoms with Crippen LogP contribution in [0.3, 0.4) is 0 Å². The molecule has 0 bridgehead atoms. The number of nitrogens with zero attached hydrogens (tertiary/aromatic N) is 1. The van der Waals surface area contributed by atoms with Crippen LogP contribution in [0.5, 0.6) is 0 Å². The van der Waals surface area contributed by atoms with Crippen LogP contribution in [0.1, 0.15) is 19.8 Å². The van der Waals surface area contributed by atoms with Crippen molar-refractivity contribution in [3.8, 4) is 0 Å². The van der Waals surface area contributed by atoms with E-state index in [9.17, 15) is 0 Å². The first-order chi connectivity index (χ1) is 3.77. The maximum absolute atomic E-state index is 2.18. The summed E-state index contributed by atoms with van der Waals surface area (Å²) in [5.74, 6) is 0. The Balaban J connectivity index is 3.07. The van der Waals surface area contributed by atoms with Crippen LogP contribution in [0.15, 0.2) is 12.3 Å². The lowest BCUT2D eigenvalue weighted by atomic mass is 10.3.